The Morgan fingerprint density at radius 2 is 2.06 bits per heavy atom. The van der Waals surface area contributed by atoms with E-state index in [1.165, 1.54) is 0 Å². The van der Waals surface area contributed by atoms with Crippen LogP contribution in [0, 0.1) is 12.8 Å². The number of hydrogen-bond donors (Lipinski definition) is 2. The molecular weight excluding hydrogens is 224 g/mol. The number of rotatable bonds is 5. The number of nitrogen functional groups attached to an aromatic ring is 1. The fraction of sp³-hybridized carbons (Fsp3) is 0.533. The van der Waals surface area contributed by atoms with Gasteiger partial charge in [-0.15, -0.1) is 0 Å². The molecular formula is C15H24N2O. The minimum absolute atomic E-state index is 0.0440. The van der Waals surface area contributed by atoms with E-state index >= 15 is 0 Å². The third-order valence-electron chi connectivity index (χ3n) is 3.37. The summed E-state index contributed by atoms with van der Waals surface area (Å²) in [5.74, 6) is 0.584. The first kappa shape index (κ1) is 14.6. The molecule has 0 aliphatic heterocycles. The molecule has 0 heterocycles. The second kappa shape index (κ2) is 6.43. The Bertz CT molecular complexity index is 415. The number of carbonyl (C=O) groups is 1. The van der Waals surface area contributed by atoms with Crippen LogP contribution < -0.4 is 11.1 Å². The first-order valence-corrected chi connectivity index (χ1v) is 6.61. The van der Waals surface area contributed by atoms with E-state index in [0.29, 0.717) is 17.2 Å². The lowest BCUT2D eigenvalue weighted by Gasteiger charge is -2.17. The largest absolute Gasteiger partial charge is 0.398 e. The van der Waals surface area contributed by atoms with Crippen LogP contribution >= 0.6 is 0 Å². The van der Waals surface area contributed by atoms with Gasteiger partial charge >= 0.3 is 0 Å². The quantitative estimate of drug-likeness (QED) is 0.787. The highest BCUT2D eigenvalue weighted by Gasteiger charge is 2.12. The van der Waals surface area contributed by atoms with Crippen molar-refractivity contribution in [3.8, 4) is 0 Å². The first-order chi connectivity index (χ1) is 8.43. The second-order valence-corrected chi connectivity index (χ2v) is 5.19. The third-order valence-corrected chi connectivity index (χ3v) is 3.37. The van der Waals surface area contributed by atoms with E-state index in [1.807, 2.05) is 26.0 Å². The number of nitrogens with two attached hydrogens (primary N) is 1. The minimum Gasteiger partial charge on any atom is -0.398 e. The first-order valence-electron chi connectivity index (χ1n) is 6.61. The maximum Gasteiger partial charge on any atom is 0.251 e. The zero-order valence-electron chi connectivity index (χ0n) is 11.8. The molecule has 0 bridgehead atoms. The van der Waals surface area contributed by atoms with Gasteiger partial charge in [0.25, 0.3) is 5.91 Å². The Hall–Kier alpha value is -1.51. The number of benzene rings is 1. The molecule has 0 aliphatic rings. The molecule has 18 heavy (non-hydrogen) atoms. The normalized spacial score (nSPS) is 14.0. The van der Waals surface area contributed by atoms with Crippen LogP contribution in [-0.2, 0) is 0 Å². The van der Waals surface area contributed by atoms with Crippen molar-refractivity contribution in [2.24, 2.45) is 5.92 Å². The van der Waals surface area contributed by atoms with E-state index in [-0.39, 0.29) is 11.9 Å². The topological polar surface area (TPSA) is 55.1 Å². The smallest absolute Gasteiger partial charge is 0.251 e. The molecule has 3 N–H and O–H groups in total. The molecule has 0 fully saturated rings. The Kier molecular flexibility index (Phi) is 5.20. The highest BCUT2D eigenvalue weighted by molar-refractivity contribution is 5.95. The highest BCUT2D eigenvalue weighted by Crippen LogP contribution is 2.14. The average Bonchev–Trinajstić information content (AvgIpc) is 2.32. The molecule has 0 spiro atoms. The zero-order chi connectivity index (χ0) is 13.7. The summed E-state index contributed by atoms with van der Waals surface area (Å²) in [6.07, 6.45) is 2.14. The zero-order valence-corrected chi connectivity index (χ0v) is 11.8. The molecule has 3 heteroatoms. The number of anilines is 1. The summed E-state index contributed by atoms with van der Waals surface area (Å²) in [5, 5.41) is 3.01. The SMILES string of the molecule is CCC(C)CC(C)NC(=O)c1ccc(C)c(N)c1. The lowest BCUT2D eigenvalue weighted by atomic mass is 10.00. The summed E-state index contributed by atoms with van der Waals surface area (Å²) < 4.78 is 0. The van der Waals surface area contributed by atoms with E-state index in [9.17, 15) is 4.79 Å². The Morgan fingerprint density at radius 3 is 2.61 bits per heavy atom. The van der Waals surface area contributed by atoms with Crippen LogP contribution in [0.25, 0.3) is 0 Å². The standard InChI is InChI=1S/C15H24N2O/c1-5-10(2)8-12(4)17-15(18)13-7-6-11(3)14(16)9-13/h6-7,9-10,12H,5,8,16H2,1-4H3,(H,17,18). The predicted octanol–water partition coefficient (Wildman–Crippen LogP) is 3.13. The minimum atomic E-state index is -0.0440. The van der Waals surface area contributed by atoms with E-state index in [1.54, 1.807) is 6.07 Å². The number of amides is 1. The molecule has 2 unspecified atom stereocenters. The maximum absolute atomic E-state index is 12.0. The number of hydrogen-bond acceptors (Lipinski definition) is 2. The van der Waals surface area contributed by atoms with Crippen molar-refractivity contribution in [1.29, 1.82) is 0 Å². The monoisotopic (exact) mass is 248 g/mol. The van der Waals surface area contributed by atoms with Gasteiger partial charge in [0.2, 0.25) is 0 Å². The molecule has 0 aliphatic carbocycles. The van der Waals surface area contributed by atoms with Crippen molar-refractivity contribution in [1.82, 2.24) is 5.32 Å². The van der Waals surface area contributed by atoms with Crippen LogP contribution in [0.5, 0.6) is 0 Å². The van der Waals surface area contributed by atoms with Gasteiger partial charge in [0.05, 0.1) is 0 Å². The third kappa shape index (κ3) is 4.06. The predicted molar refractivity (Wildman–Crippen MR) is 76.6 cm³/mol. The number of carbonyl (C=O) groups excluding carboxylic acids is 1. The van der Waals surface area contributed by atoms with Crippen LogP contribution in [0.4, 0.5) is 5.69 Å². The average molecular weight is 248 g/mol. The lowest BCUT2D eigenvalue weighted by molar-refractivity contribution is 0.0935. The van der Waals surface area contributed by atoms with Crippen molar-refractivity contribution in [3.63, 3.8) is 0 Å². The van der Waals surface area contributed by atoms with E-state index in [2.05, 4.69) is 19.2 Å². The van der Waals surface area contributed by atoms with Crippen LogP contribution in [0.2, 0.25) is 0 Å². The molecule has 1 aromatic carbocycles. The number of nitrogens with one attached hydrogen (secondary N) is 1. The van der Waals surface area contributed by atoms with Crippen LogP contribution in [0.1, 0.15) is 49.5 Å². The van der Waals surface area contributed by atoms with Gasteiger partial charge in [-0.05, 0) is 43.9 Å². The summed E-state index contributed by atoms with van der Waals surface area (Å²) in [6.45, 7) is 8.34. The molecule has 0 saturated carbocycles. The van der Waals surface area contributed by atoms with Crippen molar-refractivity contribution < 1.29 is 4.79 Å². The summed E-state index contributed by atoms with van der Waals surface area (Å²) >= 11 is 0. The van der Waals surface area contributed by atoms with Gasteiger partial charge in [-0.3, -0.25) is 4.79 Å². The Morgan fingerprint density at radius 1 is 1.39 bits per heavy atom. The number of aryl methyl sites for hydroxylation is 1. The van der Waals surface area contributed by atoms with Gasteiger partial charge in [0.1, 0.15) is 0 Å². The van der Waals surface area contributed by atoms with Crippen molar-refractivity contribution in [2.75, 3.05) is 5.73 Å². The van der Waals surface area contributed by atoms with Gasteiger partial charge in [-0.25, -0.2) is 0 Å². The molecule has 1 aromatic rings. The van der Waals surface area contributed by atoms with Crippen molar-refractivity contribution >= 4 is 11.6 Å². The molecule has 2 atom stereocenters. The summed E-state index contributed by atoms with van der Waals surface area (Å²) in [6, 6.07) is 5.62. The second-order valence-electron chi connectivity index (χ2n) is 5.19. The van der Waals surface area contributed by atoms with Gasteiger partial charge in [0.15, 0.2) is 0 Å². The highest BCUT2D eigenvalue weighted by atomic mass is 16.1. The maximum atomic E-state index is 12.0. The molecule has 3 nitrogen and oxygen atoms in total. The summed E-state index contributed by atoms with van der Waals surface area (Å²) in [4.78, 5) is 12.0. The fourth-order valence-electron chi connectivity index (χ4n) is 1.92. The molecule has 0 aromatic heterocycles. The molecule has 1 amide bonds. The van der Waals surface area contributed by atoms with Crippen LogP contribution in [0.15, 0.2) is 18.2 Å². The van der Waals surface area contributed by atoms with E-state index in [0.717, 1.165) is 18.4 Å². The Labute approximate surface area is 110 Å². The van der Waals surface area contributed by atoms with Gasteiger partial charge in [-0.1, -0.05) is 26.3 Å². The van der Waals surface area contributed by atoms with Crippen LogP contribution in [-0.4, -0.2) is 11.9 Å². The molecule has 100 valence electrons. The van der Waals surface area contributed by atoms with E-state index < -0.39 is 0 Å². The lowest BCUT2D eigenvalue weighted by Crippen LogP contribution is -2.33. The fourth-order valence-corrected chi connectivity index (χ4v) is 1.92. The summed E-state index contributed by atoms with van der Waals surface area (Å²) in [5.41, 5.74) is 8.11. The van der Waals surface area contributed by atoms with Gasteiger partial charge in [-0.2, -0.15) is 0 Å². The molecule has 0 saturated heterocycles. The molecule has 1 rings (SSSR count). The van der Waals surface area contributed by atoms with E-state index in [4.69, 9.17) is 5.73 Å². The van der Waals surface area contributed by atoms with Gasteiger partial charge in [0, 0.05) is 17.3 Å². The van der Waals surface area contributed by atoms with Gasteiger partial charge < -0.3 is 11.1 Å². The molecule has 0 radical (unpaired) electrons. The van der Waals surface area contributed by atoms with Crippen LogP contribution in [0.3, 0.4) is 0 Å². The summed E-state index contributed by atoms with van der Waals surface area (Å²) in [7, 11) is 0. The Balaban J connectivity index is 2.62. The van der Waals surface area contributed by atoms with Crippen molar-refractivity contribution in [2.45, 2.75) is 46.6 Å². The van der Waals surface area contributed by atoms with Crippen molar-refractivity contribution in [3.05, 3.63) is 29.3 Å².